The van der Waals surface area contributed by atoms with Crippen LogP contribution in [-0.2, 0) is 14.3 Å². The van der Waals surface area contributed by atoms with Crippen molar-refractivity contribution in [2.45, 2.75) is 31.8 Å². The lowest BCUT2D eigenvalue weighted by atomic mass is 9.96. The largest absolute Gasteiger partial charge is 0.454 e. The fourth-order valence-corrected chi connectivity index (χ4v) is 2.78. The average Bonchev–Trinajstić information content (AvgIpc) is 2.97. The SMILES string of the molecule is O=C(/C=C/c1cc(Cl)c2c(c1)OCO2)O[C@@H]1CCCCC1=O. The van der Waals surface area contributed by atoms with E-state index in [1.165, 1.54) is 6.08 Å². The zero-order valence-electron chi connectivity index (χ0n) is 11.8. The standard InChI is InChI=1S/C16H15ClO5/c17-11-7-10(8-14-16(11)21-9-20-14)5-6-15(19)22-13-4-2-1-3-12(13)18/h5-8,13H,1-4,9H2/b6-5+/t13-/m1/s1. The summed E-state index contributed by atoms with van der Waals surface area (Å²) in [5, 5.41) is 0.422. The Balaban J connectivity index is 1.65. The maximum Gasteiger partial charge on any atom is 0.331 e. The second-order valence-electron chi connectivity index (χ2n) is 5.21. The molecule has 0 saturated heterocycles. The van der Waals surface area contributed by atoms with E-state index in [0.29, 0.717) is 34.9 Å². The fraction of sp³-hybridized carbons (Fsp3) is 0.375. The van der Waals surface area contributed by atoms with Gasteiger partial charge in [0.05, 0.1) is 5.02 Å². The van der Waals surface area contributed by atoms with Crippen LogP contribution >= 0.6 is 11.6 Å². The number of fused-ring (bicyclic) bond motifs is 1. The van der Waals surface area contributed by atoms with Gasteiger partial charge in [0.15, 0.2) is 23.4 Å². The van der Waals surface area contributed by atoms with Crippen LogP contribution < -0.4 is 9.47 Å². The van der Waals surface area contributed by atoms with Crippen LogP contribution in [0.1, 0.15) is 31.2 Å². The lowest BCUT2D eigenvalue weighted by molar-refractivity contribution is -0.152. The lowest BCUT2D eigenvalue weighted by Gasteiger charge is -2.19. The van der Waals surface area contributed by atoms with E-state index in [1.807, 2.05) is 0 Å². The van der Waals surface area contributed by atoms with Crippen molar-refractivity contribution in [1.29, 1.82) is 0 Å². The van der Waals surface area contributed by atoms with Crippen molar-refractivity contribution in [1.82, 2.24) is 0 Å². The topological polar surface area (TPSA) is 61.8 Å². The summed E-state index contributed by atoms with van der Waals surface area (Å²) in [6, 6.07) is 3.40. The molecule has 1 aliphatic heterocycles. The number of rotatable bonds is 3. The van der Waals surface area contributed by atoms with Crippen molar-refractivity contribution in [3.8, 4) is 11.5 Å². The number of Topliss-reactive ketones (excluding diaryl/α,β-unsaturated/α-hetero) is 1. The van der Waals surface area contributed by atoms with Crippen LogP contribution in [0.25, 0.3) is 6.08 Å². The Kier molecular flexibility index (Phi) is 4.34. The summed E-state index contributed by atoms with van der Waals surface area (Å²) in [5.74, 6) is 0.519. The van der Waals surface area contributed by atoms with E-state index >= 15 is 0 Å². The van der Waals surface area contributed by atoms with Crippen LogP contribution in [0.5, 0.6) is 11.5 Å². The first kappa shape index (κ1) is 14.9. The quantitative estimate of drug-likeness (QED) is 0.632. The Labute approximate surface area is 132 Å². The Bertz CT molecular complexity index is 638. The maximum atomic E-state index is 11.8. The molecule has 1 saturated carbocycles. The highest BCUT2D eigenvalue weighted by atomic mass is 35.5. The van der Waals surface area contributed by atoms with Crippen LogP contribution in [0, 0.1) is 0 Å². The normalized spacial score (nSPS) is 20.4. The summed E-state index contributed by atoms with van der Waals surface area (Å²) in [6.45, 7) is 0.133. The molecule has 1 heterocycles. The van der Waals surface area contributed by atoms with Crippen molar-refractivity contribution in [2.75, 3.05) is 6.79 Å². The van der Waals surface area contributed by atoms with Gasteiger partial charge >= 0.3 is 5.97 Å². The van der Waals surface area contributed by atoms with E-state index in [9.17, 15) is 9.59 Å². The Morgan fingerprint density at radius 3 is 3.00 bits per heavy atom. The summed E-state index contributed by atoms with van der Waals surface area (Å²) in [4.78, 5) is 23.4. The minimum absolute atomic E-state index is 0.000811. The zero-order valence-corrected chi connectivity index (χ0v) is 12.6. The van der Waals surface area contributed by atoms with Crippen LogP contribution in [0.2, 0.25) is 5.02 Å². The van der Waals surface area contributed by atoms with Gasteiger partial charge in [0, 0.05) is 12.5 Å². The van der Waals surface area contributed by atoms with Crippen LogP contribution in [0.4, 0.5) is 0 Å². The number of hydrogen-bond donors (Lipinski definition) is 0. The minimum Gasteiger partial charge on any atom is -0.454 e. The predicted octanol–water partition coefficient (Wildman–Crippen LogP) is 3.14. The van der Waals surface area contributed by atoms with E-state index < -0.39 is 12.1 Å². The molecule has 0 N–H and O–H groups in total. The highest BCUT2D eigenvalue weighted by Gasteiger charge is 2.25. The molecule has 5 nitrogen and oxygen atoms in total. The average molecular weight is 323 g/mol. The monoisotopic (exact) mass is 322 g/mol. The second kappa shape index (κ2) is 6.40. The summed E-state index contributed by atoms with van der Waals surface area (Å²) in [6.07, 6.45) is 5.13. The predicted molar refractivity (Wildman–Crippen MR) is 80.0 cm³/mol. The number of benzene rings is 1. The number of halogens is 1. The first-order valence-corrected chi connectivity index (χ1v) is 7.52. The third kappa shape index (κ3) is 3.25. The minimum atomic E-state index is -0.605. The number of ketones is 1. The summed E-state index contributed by atoms with van der Waals surface area (Å²) >= 11 is 6.07. The molecule has 0 aromatic heterocycles. The molecule has 0 bridgehead atoms. The molecule has 1 aliphatic carbocycles. The molecule has 2 aliphatic rings. The van der Waals surface area contributed by atoms with E-state index in [0.717, 1.165) is 12.8 Å². The van der Waals surface area contributed by atoms with Gasteiger partial charge in [0.25, 0.3) is 0 Å². The third-order valence-corrected chi connectivity index (χ3v) is 3.90. The number of carbonyl (C=O) groups excluding carboxylic acids is 2. The van der Waals surface area contributed by atoms with Crippen LogP contribution in [-0.4, -0.2) is 24.6 Å². The van der Waals surface area contributed by atoms with Gasteiger partial charge in [-0.15, -0.1) is 0 Å². The van der Waals surface area contributed by atoms with Gasteiger partial charge in [0.2, 0.25) is 6.79 Å². The van der Waals surface area contributed by atoms with Crippen LogP contribution in [0.15, 0.2) is 18.2 Å². The molecule has 22 heavy (non-hydrogen) atoms. The zero-order chi connectivity index (χ0) is 15.5. The molecule has 0 spiro atoms. The van der Waals surface area contributed by atoms with Gasteiger partial charge in [-0.2, -0.15) is 0 Å². The van der Waals surface area contributed by atoms with E-state index in [-0.39, 0.29) is 12.6 Å². The number of esters is 1. The Morgan fingerprint density at radius 2 is 2.18 bits per heavy atom. The van der Waals surface area contributed by atoms with Crippen LogP contribution in [0.3, 0.4) is 0 Å². The highest BCUT2D eigenvalue weighted by Crippen LogP contribution is 2.40. The third-order valence-electron chi connectivity index (χ3n) is 3.62. The van der Waals surface area contributed by atoms with Crippen molar-refractivity contribution in [3.63, 3.8) is 0 Å². The molecule has 0 unspecified atom stereocenters. The van der Waals surface area contributed by atoms with Gasteiger partial charge in [0.1, 0.15) is 0 Å². The summed E-state index contributed by atoms with van der Waals surface area (Å²) in [7, 11) is 0. The van der Waals surface area contributed by atoms with E-state index in [1.54, 1.807) is 18.2 Å². The molecule has 1 aromatic rings. The van der Waals surface area contributed by atoms with Gasteiger partial charge < -0.3 is 14.2 Å². The number of hydrogen-bond acceptors (Lipinski definition) is 5. The molecule has 1 atom stereocenters. The van der Waals surface area contributed by atoms with Crippen molar-refractivity contribution >= 4 is 29.4 Å². The molecule has 1 fully saturated rings. The van der Waals surface area contributed by atoms with Gasteiger partial charge in [-0.25, -0.2) is 4.79 Å². The number of ether oxygens (including phenoxy) is 3. The molecular weight excluding hydrogens is 308 g/mol. The highest BCUT2D eigenvalue weighted by molar-refractivity contribution is 6.32. The second-order valence-corrected chi connectivity index (χ2v) is 5.61. The Morgan fingerprint density at radius 1 is 1.32 bits per heavy atom. The van der Waals surface area contributed by atoms with Crippen molar-refractivity contribution < 1.29 is 23.8 Å². The lowest BCUT2D eigenvalue weighted by Crippen LogP contribution is -2.29. The molecule has 1 aromatic carbocycles. The molecular formula is C16H15ClO5. The molecule has 0 radical (unpaired) electrons. The molecule has 0 amide bonds. The molecule has 116 valence electrons. The summed E-state index contributed by atoms with van der Waals surface area (Å²) in [5.41, 5.74) is 0.696. The molecule has 3 rings (SSSR count). The first-order chi connectivity index (χ1) is 10.6. The van der Waals surface area contributed by atoms with Gasteiger partial charge in [-0.05, 0) is 43.0 Å². The Hall–Kier alpha value is -2.01. The maximum absolute atomic E-state index is 11.8. The van der Waals surface area contributed by atoms with Gasteiger partial charge in [-0.1, -0.05) is 11.6 Å². The smallest absolute Gasteiger partial charge is 0.331 e. The summed E-state index contributed by atoms with van der Waals surface area (Å²) < 4.78 is 15.7. The fourth-order valence-electron chi connectivity index (χ4n) is 2.50. The van der Waals surface area contributed by atoms with Crippen molar-refractivity contribution in [2.24, 2.45) is 0 Å². The van der Waals surface area contributed by atoms with Crippen molar-refractivity contribution in [3.05, 3.63) is 28.8 Å². The van der Waals surface area contributed by atoms with E-state index in [2.05, 4.69) is 0 Å². The molecule has 6 heteroatoms. The van der Waals surface area contributed by atoms with E-state index in [4.69, 9.17) is 25.8 Å². The van der Waals surface area contributed by atoms with Gasteiger partial charge in [-0.3, -0.25) is 4.79 Å². The first-order valence-electron chi connectivity index (χ1n) is 7.14. The number of carbonyl (C=O) groups is 2.